The van der Waals surface area contributed by atoms with Gasteiger partial charge in [0.25, 0.3) is 11.5 Å². The van der Waals surface area contributed by atoms with Crippen LogP contribution in [0.3, 0.4) is 0 Å². The standard InChI is InChI=1S/C29H27Br2N3O5S/c1-5-8-19-23(28(37)39-7-3)24(15-9-12-21(38-4)18(31)13-15)34-27(36)25(40-29(34)32-19)22-17-14-16(30)10-11-20(17)33(6-2)26(22)35/h9-14,24H,5-8H2,1-4H3/b25-22+/t24-/m1/s1. The van der Waals surface area contributed by atoms with E-state index in [-0.39, 0.29) is 22.6 Å². The molecule has 0 saturated heterocycles. The van der Waals surface area contributed by atoms with Gasteiger partial charge in [-0.05, 0) is 72.1 Å². The highest BCUT2D eigenvalue weighted by Crippen LogP contribution is 2.38. The van der Waals surface area contributed by atoms with Crippen molar-refractivity contribution < 1.29 is 19.1 Å². The Labute approximate surface area is 251 Å². The molecule has 0 aliphatic carbocycles. The number of allylic oxidation sites excluding steroid dienone is 1. The van der Waals surface area contributed by atoms with Crippen LogP contribution in [0.2, 0.25) is 0 Å². The zero-order chi connectivity index (χ0) is 28.7. The first-order valence-corrected chi connectivity index (χ1v) is 15.4. The molecule has 8 nitrogen and oxygen atoms in total. The molecule has 11 heteroatoms. The van der Waals surface area contributed by atoms with Crippen LogP contribution in [0.1, 0.15) is 50.8 Å². The van der Waals surface area contributed by atoms with Crippen LogP contribution < -0.4 is 24.5 Å². The number of hydrogen-bond donors (Lipinski definition) is 0. The molecule has 1 atom stereocenters. The summed E-state index contributed by atoms with van der Waals surface area (Å²) >= 11 is 8.23. The number of anilines is 1. The molecule has 0 radical (unpaired) electrons. The summed E-state index contributed by atoms with van der Waals surface area (Å²) in [4.78, 5) is 48.3. The van der Waals surface area contributed by atoms with Crippen molar-refractivity contribution in [2.24, 2.45) is 4.99 Å². The number of hydrogen-bond acceptors (Lipinski definition) is 7. The molecule has 2 aliphatic rings. The third-order valence-corrected chi connectivity index (χ3v) is 9.05. The van der Waals surface area contributed by atoms with E-state index in [1.807, 2.05) is 44.2 Å². The molecule has 0 fully saturated rings. The van der Waals surface area contributed by atoms with Crippen molar-refractivity contribution in [1.82, 2.24) is 4.57 Å². The van der Waals surface area contributed by atoms with Crippen LogP contribution in [0.15, 0.2) is 66.4 Å². The zero-order valence-electron chi connectivity index (χ0n) is 22.4. The number of benzene rings is 2. The lowest BCUT2D eigenvalue weighted by molar-refractivity contribution is -0.139. The minimum atomic E-state index is -0.797. The summed E-state index contributed by atoms with van der Waals surface area (Å²) in [6, 6.07) is 10.3. The van der Waals surface area contributed by atoms with Gasteiger partial charge < -0.3 is 14.4 Å². The number of fused-ring (bicyclic) bond motifs is 2. The minimum absolute atomic E-state index is 0.183. The van der Waals surface area contributed by atoms with Gasteiger partial charge in [0.2, 0.25) is 0 Å². The van der Waals surface area contributed by atoms with Crippen molar-refractivity contribution in [3.63, 3.8) is 0 Å². The first-order chi connectivity index (χ1) is 19.2. The van der Waals surface area contributed by atoms with Crippen molar-refractivity contribution >= 4 is 66.3 Å². The summed E-state index contributed by atoms with van der Waals surface area (Å²) in [6.07, 6.45) is 1.27. The predicted octanol–water partition coefficient (Wildman–Crippen LogP) is 4.85. The van der Waals surface area contributed by atoms with Gasteiger partial charge in [0.1, 0.15) is 10.3 Å². The van der Waals surface area contributed by atoms with E-state index in [9.17, 15) is 14.4 Å². The Hall–Kier alpha value is -3.02. The molecule has 2 aromatic carbocycles. The molecule has 0 unspecified atom stereocenters. The molecule has 3 heterocycles. The number of amides is 1. The number of esters is 1. The van der Waals surface area contributed by atoms with Gasteiger partial charge in [0, 0.05) is 16.6 Å². The Kier molecular flexibility index (Phi) is 8.17. The lowest BCUT2D eigenvalue weighted by Gasteiger charge is -2.26. The van der Waals surface area contributed by atoms with Gasteiger partial charge in [-0.15, -0.1) is 0 Å². The molecule has 0 saturated carbocycles. The van der Waals surface area contributed by atoms with Crippen molar-refractivity contribution in [2.75, 3.05) is 25.2 Å². The maximum Gasteiger partial charge on any atom is 0.338 e. The molecule has 208 valence electrons. The van der Waals surface area contributed by atoms with Crippen LogP contribution in [0.5, 0.6) is 5.75 Å². The zero-order valence-corrected chi connectivity index (χ0v) is 26.4. The average Bonchev–Trinajstić information content (AvgIpc) is 3.39. The summed E-state index contributed by atoms with van der Waals surface area (Å²) in [5, 5.41) is 0. The average molecular weight is 689 g/mol. The molecule has 1 amide bonds. The van der Waals surface area contributed by atoms with Gasteiger partial charge in [0.05, 0.1) is 46.8 Å². The van der Waals surface area contributed by atoms with Gasteiger partial charge in [-0.25, -0.2) is 9.79 Å². The number of ether oxygens (including phenoxy) is 2. The van der Waals surface area contributed by atoms with Gasteiger partial charge in [-0.2, -0.15) is 0 Å². The van der Waals surface area contributed by atoms with Crippen molar-refractivity contribution in [2.45, 2.75) is 39.7 Å². The highest BCUT2D eigenvalue weighted by molar-refractivity contribution is 9.10. The number of carbonyl (C=O) groups excluding carboxylic acids is 2. The number of halogens is 2. The van der Waals surface area contributed by atoms with E-state index in [4.69, 9.17) is 14.5 Å². The van der Waals surface area contributed by atoms with Crippen molar-refractivity contribution in [3.05, 3.63) is 87.4 Å². The second-order valence-corrected chi connectivity index (χ2v) is 12.0. The summed E-state index contributed by atoms with van der Waals surface area (Å²) in [5.74, 6) is -0.136. The Morgan fingerprint density at radius 1 is 1.10 bits per heavy atom. The van der Waals surface area contributed by atoms with E-state index in [1.54, 1.807) is 25.0 Å². The highest BCUT2D eigenvalue weighted by atomic mass is 79.9. The molecular weight excluding hydrogens is 662 g/mol. The van der Waals surface area contributed by atoms with E-state index >= 15 is 0 Å². The fourth-order valence-electron chi connectivity index (χ4n) is 5.18. The minimum Gasteiger partial charge on any atom is -0.496 e. The maximum atomic E-state index is 14.3. The Morgan fingerprint density at radius 3 is 2.52 bits per heavy atom. The first-order valence-electron chi connectivity index (χ1n) is 12.9. The van der Waals surface area contributed by atoms with E-state index in [0.29, 0.717) is 56.0 Å². The number of likely N-dealkylation sites (N-methyl/N-ethyl adjacent to an activating group) is 1. The second kappa shape index (κ2) is 11.5. The van der Waals surface area contributed by atoms with Crippen LogP contribution in [-0.2, 0) is 14.3 Å². The molecule has 3 aromatic rings. The fourth-order valence-corrected chi connectivity index (χ4v) is 7.21. The lowest BCUT2D eigenvalue weighted by atomic mass is 9.94. The molecule has 0 spiro atoms. The van der Waals surface area contributed by atoms with Crippen LogP contribution in [0, 0.1) is 0 Å². The number of methoxy groups -OCH3 is 1. The van der Waals surface area contributed by atoms with Crippen molar-refractivity contribution in [1.29, 1.82) is 0 Å². The third-order valence-electron chi connectivity index (χ3n) is 6.88. The quantitative estimate of drug-likeness (QED) is 0.331. The molecule has 2 aliphatic heterocycles. The summed E-state index contributed by atoms with van der Waals surface area (Å²) in [6.45, 7) is 6.30. The van der Waals surface area contributed by atoms with E-state index < -0.39 is 12.0 Å². The van der Waals surface area contributed by atoms with Crippen molar-refractivity contribution in [3.8, 4) is 5.75 Å². The van der Waals surface area contributed by atoms with Crippen LogP contribution in [-0.4, -0.2) is 36.7 Å². The Bertz CT molecular complexity index is 1760. The summed E-state index contributed by atoms with van der Waals surface area (Å²) in [5.41, 5.74) is 2.99. The topological polar surface area (TPSA) is 90.2 Å². The normalized spacial score (nSPS) is 17.5. The summed E-state index contributed by atoms with van der Waals surface area (Å²) < 4.78 is 14.2. The van der Waals surface area contributed by atoms with Gasteiger partial charge in [-0.3, -0.25) is 14.2 Å². The van der Waals surface area contributed by atoms with Gasteiger partial charge in [0.15, 0.2) is 4.80 Å². The SMILES string of the molecule is CCCC1=C(C(=O)OCC)[C@@H](c2ccc(OC)c(Br)c2)n2c(s/c(=C3/C(=O)N(CC)c4ccc(Br)cc43)c2=O)=N1. The highest BCUT2D eigenvalue weighted by Gasteiger charge is 2.37. The number of carbonyl (C=O) groups is 2. The molecule has 0 N–H and O–H groups in total. The predicted molar refractivity (Wildman–Crippen MR) is 161 cm³/mol. The molecule has 40 heavy (non-hydrogen) atoms. The van der Waals surface area contributed by atoms with Gasteiger partial charge >= 0.3 is 5.97 Å². The van der Waals surface area contributed by atoms with E-state index in [2.05, 4.69) is 31.9 Å². The van der Waals surface area contributed by atoms with Crippen LogP contribution >= 0.6 is 43.2 Å². The number of thiazole rings is 1. The number of rotatable bonds is 7. The van der Waals surface area contributed by atoms with E-state index in [0.717, 1.165) is 16.6 Å². The molecule has 0 bridgehead atoms. The first kappa shape index (κ1) is 28.5. The molecule has 1 aromatic heterocycles. The Morgan fingerprint density at radius 2 is 1.88 bits per heavy atom. The smallest absolute Gasteiger partial charge is 0.338 e. The summed E-state index contributed by atoms with van der Waals surface area (Å²) in [7, 11) is 1.57. The van der Waals surface area contributed by atoms with Crippen LogP contribution in [0.4, 0.5) is 5.69 Å². The fraction of sp³-hybridized carbons (Fsp3) is 0.310. The van der Waals surface area contributed by atoms with Gasteiger partial charge in [-0.1, -0.05) is 46.7 Å². The third kappa shape index (κ3) is 4.67. The second-order valence-electron chi connectivity index (χ2n) is 9.21. The number of aromatic nitrogens is 1. The Balaban J connectivity index is 1.86. The number of nitrogens with zero attached hydrogens (tertiary/aromatic N) is 3. The molecule has 5 rings (SSSR count). The van der Waals surface area contributed by atoms with E-state index in [1.165, 1.54) is 15.9 Å². The monoisotopic (exact) mass is 687 g/mol. The molecular formula is C29H27Br2N3O5S. The maximum absolute atomic E-state index is 14.3. The van der Waals surface area contributed by atoms with Crippen LogP contribution in [0.25, 0.3) is 5.57 Å². The largest absolute Gasteiger partial charge is 0.496 e. The lowest BCUT2D eigenvalue weighted by Crippen LogP contribution is -2.41.